The van der Waals surface area contributed by atoms with Gasteiger partial charge in [0.2, 0.25) is 5.91 Å². The molecule has 0 unspecified atom stereocenters. The molecule has 94 valence electrons. The molecule has 2 rings (SSSR count). The predicted molar refractivity (Wildman–Crippen MR) is 73.1 cm³/mol. The highest BCUT2D eigenvalue weighted by atomic mass is 32.1. The van der Waals surface area contributed by atoms with Crippen LogP contribution in [-0.4, -0.2) is 22.8 Å². The second-order valence-electron chi connectivity index (χ2n) is 4.11. The number of amides is 1. The summed E-state index contributed by atoms with van der Waals surface area (Å²) in [6, 6.07) is 7.44. The molecule has 18 heavy (non-hydrogen) atoms. The first-order valence-corrected chi connectivity index (χ1v) is 6.55. The fraction of sp³-hybridized carbons (Fsp3) is 0.231. The molecule has 0 atom stereocenters. The lowest BCUT2D eigenvalue weighted by molar-refractivity contribution is -0.129. The Bertz CT molecular complexity index is 525. The molecule has 0 saturated heterocycles. The van der Waals surface area contributed by atoms with E-state index in [-0.39, 0.29) is 5.91 Å². The number of likely N-dealkylation sites (N-methyl/N-ethyl adjacent to an activating group) is 1. The van der Waals surface area contributed by atoms with Gasteiger partial charge in [-0.25, -0.2) is 4.98 Å². The van der Waals surface area contributed by atoms with Gasteiger partial charge in [0.05, 0.1) is 24.2 Å². The third kappa shape index (κ3) is 3.07. The molecule has 0 saturated carbocycles. The van der Waals surface area contributed by atoms with Gasteiger partial charge in [-0.05, 0) is 11.6 Å². The van der Waals surface area contributed by atoms with Crippen LogP contribution < -0.4 is 5.73 Å². The maximum Gasteiger partial charge on any atom is 0.227 e. The number of para-hydroxylation sites is 1. The molecule has 5 heteroatoms. The molecule has 0 spiro atoms. The molecule has 0 fully saturated rings. The van der Waals surface area contributed by atoms with Gasteiger partial charge in [-0.2, -0.15) is 0 Å². The summed E-state index contributed by atoms with van der Waals surface area (Å²) >= 11 is 1.53. The quantitative estimate of drug-likeness (QED) is 0.855. The van der Waals surface area contributed by atoms with Crippen LogP contribution in [0.4, 0.5) is 5.69 Å². The lowest BCUT2D eigenvalue weighted by atomic mass is 10.1. The van der Waals surface area contributed by atoms with E-state index in [2.05, 4.69) is 4.98 Å². The summed E-state index contributed by atoms with van der Waals surface area (Å²) in [6.45, 7) is 0.537. The monoisotopic (exact) mass is 261 g/mol. The Hall–Kier alpha value is -1.88. The summed E-state index contributed by atoms with van der Waals surface area (Å²) in [6.07, 6.45) is 0.327. The smallest absolute Gasteiger partial charge is 0.227 e. The lowest BCUT2D eigenvalue weighted by Gasteiger charge is -2.16. The zero-order valence-corrected chi connectivity index (χ0v) is 11.0. The summed E-state index contributed by atoms with van der Waals surface area (Å²) in [4.78, 5) is 17.9. The minimum Gasteiger partial charge on any atom is -0.398 e. The van der Waals surface area contributed by atoms with Gasteiger partial charge in [-0.1, -0.05) is 18.2 Å². The highest BCUT2D eigenvalue weighted by Gasteiger charge is 2.12. The van der Waals surface area contributed by atoms with E-state index in [0.29, 0.717) is 18.7 Å². The number of hydrogen-bond donors (Lipinski definition) is 1. The molecular formula is C13H15N3OS. The molecule has 1 aromatic heterocycles. The summed E-state index contributed by atoms with van der Waals surface area (Å²) in [5.74, 6) is 0.0425. The first-order chi connectivity index (χ1) is 8.66. The Morgan fingerprint density at radius 2 is 2.22 bits per heavy atom. The second-order valence-corrected chi connectivity index (χ2v) is 4.82. The molecule has 2 aromatic rings. The molecule has 0 radical (unpaired) electrons. The van der Waals surface area contributed by atoms with Crippen molar-refractivity contribution in [1.29, 1.82) is 0 Å². The third-order valence-corrected chi connectivity index (χ3v) is 3.34. The fourth-order valence-electron chi connectivity index (χ4n) is 1.64. The number of carbonyl (C=O) groups is 1. The van der Waals surface area contributed by atoms with Gasteiger partial charge in [-0.15, -0.1) is 11.3 Å². The van der Waals surface area contributed by atoms with Crippen LogP contribution >= 0.6 is 11.3 Å². The van der Waals surface area contributed by atoms with Crippen LogP contribution in [0.5, 0.6) is 0 Å². The molecule has 2 N–H and O–H groups in total. The average Bonchev–Trinajstić information content (AvgIpc) is 2.84. The standard InChI is InChI=1S/C13H15N3OS/c1-16(7-11-8-18-9-15-11)13(17)6-10-4-2-3-5-12(10)14/h2-5,8-9H,6-7,14H2,1H3. The third-order valence-electron chi connectivity index (χ3n) is 2.71. The number of nitrogens with two attached hydrogens (primary N) is 1. The number of nitrogen functional groups attached to an aromatic ring is 1. The number of rotatable bonds is 4. The molecular weight excluding hydrogens is 246 g/mol. The van der Waals surface area contributed by atoms with Gasteiger partial charge in [-0.3, -0.25) is 4.79 Å². The van der Waals surface area contributed by atoms with Gasteiger partial charge in [0.25, 0.3) is 0 Å². The van der Waals surface area contributed by atoms with Crippen molar-refractivity contribution in [2.45, 2.75) is 13.0 Å². The minimum atomic E-state index is 0.0425. The highest BCUT2D eigenvalue weighted by Crippen LogP contribution is 2.13. The van der Waals surface area contributed by atoms with Gasteiger partial charge >= 0.3 is 0 Å². The van der Waals surface area contributed by atoms with Crippen LogP contribution in [0, 0.1) is 0 Å². The molecule has 0 bridgehead atoms. The second kappa shape index (κ2) is 5.64. The maximum atomic E-state index is 12.0. The molecule has 0 aliphatic rings. The van der Waals surface area contributed by atoms with Crippen molar-refractivity contribution in [3.8, 4) is 0 Å². The number of aromatic nitrogens is 1. The number of nitrogens with zero attached hydrogens (tertiary/aromatic N) is 2. The Morgan fingerprint density at radius 1 is 1.44 bits per heavy atom. The number of thiazole rings is 1. The van der Waals surface area contributed by atoms with Crippen molar-refractivity contribution in [1.82, 2.24) is 9.88 Å². The van der Waals surface area contributed by atoms with Crippen LogP contribution in [0.1, 0.15) is 11.3 Å². The van der Waals surface area contributed by atoms with E-state index in [1.807, 2.05) is 29.6 Å². The van der Waals surface area contributed by atoms with E-state index in [1.54, 1.807) is 17.5 Å². The molecule has 0 aliphatic heterocycles. The van der Waals surface area contributed by atoms with E-state index in [4.69, 9.17) is 5.73 Å². The van der Waals surface area contributed by atoms with Crippen LogP contribution in [-0.2, 0) is 17.8 Å². The van der Waals surface area contributed by atoms with Crippen molar-refractivity contribution in [2.75, 3.05) is 12.8 Å². The van der Waals surface area contributed by atoms with Gasteiger partial charge in [0.1, 0.15) is 0 Å². The molecule has 1 heterocycles. The van der Waals surface area contributed by atoms with Gasteiger partial charge < -0.3 is 10.6 Å². The molecule has 4 nitrogen and oxygen atoms in total. The maximum absolute atomic E-state index is 12.0. The summed E-state index contributed by atoms with van der Waals surface area (Å²) in [7, 11) is 1.78. The Kier molecular flexibility index (Phi) is 3.94. The van der Waals surface area contributed by atoms with E-state index >= 15 is 0 Å². The van der Waals surface area contributed by atoms with Crippen molar-refractivity contribution >= 4 is 22.9 Å². The topological polar surface area (TPSA) is 59.2 Å². The van der Waals surface area contributed by atoms with Crippen LogP contribution in [0.2, 0.25) is 0 Å². The number of hydrogen-bond acceptors (Lipinski definition) is 4. The first-order valence-electron chi connectivity index (χ1n) is 5.61. The molecule has 1 amide bonds. The zero-order chi connectivity index (χ0) is 13.0. The normalized spacial score (nSPS) is 10.3. The Morgan fingerprint density at radius 3 is 2.89 bits per heavy atom. The van der Waals surface area contributed by atoms with Crippen LogP contribution in [0.15, 0.2) is 35.2 Å². The van der Waals surface area contributed by atoms with E-state index in [0.717, 1.165) is 11.3 Å². The van der Waals surface area contributed by atoms with Gasteiger partial charge in [0, 0.05) is 18.1 Å². The van der Waals surface area contributed by atoms with Crippen molar-refractivity contribution in [3.63, 3.8) is 0 Å². The number of benzene rings is 1. The largest absolute Gasteiger partial charge is 0.398 e. The summed E-state index contributed by atoms with van der Waals surface area (Å²) in [5, 5.41) is 1.95. The van der Waals surface area contributed by atoms with Crippen molar-refractivity contribution < 1.29 is 4.79 Å². The van der Waals surface area contributed by atoms with Crippen molar-refractivity contribution in [2.24, 2.45) is 0 Å². The predicted octanol–water partition coefficient (Wildman–Crippen LogP) is 1.93. The highest BCUT2D eigenvalue weighted by molar-refractivity contribution is 7.07. The SMILES string of the molecule is CN(Cc1cscn1)C(=O)Cc1ccccc1N. The van der Waals surface area contributed by atoms with Gasteiger partial charge in [0.15, 0.2) is 0 Å². The summed E-state index contributed by atoms with van der Waals surface area (Å²) < 4.78 is 0. The molecule has 0 aliphatic carbocycles. The zero-order valence-electron chi connectivity index (χ0n) is 10.2. The lowest BCUT2D eigenvalue weighted by Crippen LogP contribution is -2.28. The number of carbonyl (C=O) groups excluding carboxylic acids is 1. The van der Waals surface area contributed by atoms with Crippen LogP contribution in [0.25, 0.3) is 0 Å². The molecule has 1 aromatic carbocycles. The minimum absolute atomic E-state index is 0.0425. The Labute approximate surface area is 110 Å². The number of anilines is 1. The van der Waals surface area contributed by atoms with E-state index in [9.17, 15) is 4.79 Å². The summed E-state index contributed by atoms with van der Waals surface area (Å²) in [5.41, 5.74) is 10.0. The van der Waals surface area contributed by atoms with E-state index in [1.165, 1.54) is 11.3 Å². The van der Waals surface area contributed by atoms with E-state index < -0.39 is 0 Å². The van der Waals surface area contributed by atoms with Crippen molar-refractivity contribution in [3.05, 3.63) is 46.4 Å². The Balaban J connectivity index is 1.98. The average molecular weight is 261 g/mol. The van der Waals surface area contributed by atoms with Crippen LogP contribution in [0.3, 0.4) is 0 Å². The first kappa shape index (κ1) is 12.6. The fourth-order valence-corrected chi connectivity index (χ4v) is 2.19.